The van der Waals surface area contributed by atoms with Crippen molar-refractivity contribution in [1.29, 1.82) is 0 Å². The van der Waals surface area contributed by atoms with Crippen molar-refractivity contribution in [2.45, 2.75) is 44.8 Å². The van der Waals surface area contributed by atoms with Crippen molar-refractivity contribution in [3.05, 3.63) is 0 Å². The minimum atomic E-state index is 0.844. The fourth-order valence-electron chi connectivity index (χ4n) is 1.32. The Kier molecular flexibility index (Phi) is 7.16. The first kappa shape index (κ1) is 13.4. The lowest BCUT2D eigenvalue weighted by atomic mass is 10.3. The van der Waals surface area contributed by atoms with E-state index in [1.165, 1.54) is 19.3 Å². The van der Waals surface area contributed by atoms with Gasteiger partial charge in [-0.1, -0.05) is 38.5 Å². The monoisotopic (exact) mass is 243 g/mol. The number of likely N-dealkylation sites (N-methyl/N-ethyl adjacent to an activating group) is 1. The predicted molar refractivity (Wildman–Crippen MR) is 66.6 cm³/mol. The zero-order valence-electron chi connectivity index (χ0n) is 10.1. The van der Waals surface area contributed by atoms with Gasteiger partial charge in [-0.3, -0.25) is 0 Å². The Bertz CT molecular complexity index is 276. The first-order valence-corrected chi connectivity index (χ1v) is 6.96. The summed E-state index contributed by atoms with van der Waals surface area (Å²) in [6.45, 7) is 7.06. The summed E-state index contributed by atoms with van der Waals surface area (Å²) < 4.78 is 1.87. The van der Waals surface area contributed by atoms with Gasteiger partial charge < -0.3 is 5.32 Å². The molecule has 92 valence electrons. The lowest BCUT2D eigenvalue weighted by Crippen LogP contribution is -2.20. The maximum atomic E-state index is 4.03. The molecule has 0 radical (unpaired) electrons. The molecule has 0 aliphatic carbocycles. The van der Waals surface area contributed by atoms with E-state index in [0.717, 1.165) is 30.5 Å². The Morgan fingerprint density at radius 2 is 2.19 bits per heavy atom. The molecule has 0 aromatic carbocycles. The van der Waals surface area contributed by atoms with Gasteiger partial charge in [-0.05, 0) is 23.4 Å². The molecule has 0 bridgehead atoms. The van der Waals surface area contributed by atoms with Crippen molar-refractivity contribution in [3.63, 3.8) is 0 Å². The number of aromatic nitrogens is 4. The highest BCUT2D eigenvalue weighted by atomic mass is 32.2. The van der Waals surface area contributed by atoms with Gasteiger partial charge in [0.05, 0.1) is 6.54 Å². The topological polar surface area (TPSA) is 55.6 Å². The van der Waals surface area contributed by atoms with Crippen molar-refractivity contribution in [2.24, 2.45) is 0 Å². The maximum absolute atomic E-state index is 4.03. The molecule has 0 spiro atoms. The average molecular weight is 243 g/mol. The first-order valence-electron chi connectivity index (χ1n) is 5.98. The van der Waals surface area contributed by atoms with Gasteiger partial charge in [-0.25, -0.2) is 4.68 Å². The number of rotatable bonds is 9. The number of unbranched alkanes of at least 4 members (excludes halogenated alkanes) is 2. The molecule has 0 saturated heterocycles. The Hall–Kier alpha value is -0.620. The minimum absolute atomic E-state index is 0.844. The Morgan fingerprint density at radius 1 is 1.31 bits per heavy atom. The van der Waals surface area contributed by atoms with Crippen molar-refractivity contribution in [1.82, 2.24) is 25.5 Å². The molecule has 0 saturated carbocycles. The number of tetrazole rings is 1. The third kappa shape index (κ3) is 4.94. The van der Waals surface area contributed by atoms with Crippen LogP contribution in [0.3, 0.4) is 0 Å². The van der Waals surface area contributed by atoms with E-state index in [1.54, 1.807) is 11.8 Å². The molecule has 0 unspecified atom stereocenters. The van der Waals surface area contributed by atoms with Gasteiger partial charge in [-0.2, -0.15) is 0 Å². The molecule has 0 amide bonds. The second kappa shape index (κ2) is 8.52. The lowest BCUT2D eigenvalue weighted by molar-refractivity contribution is 0.517. The second-order valence-corrected chi connectivity index (χ2v) is 4.66. The fourth-order valence-corrected chi connectivity index (χ4v) is 2.22. The van der Waals surface area contributed by atoms with E-state index in [4.69, 9.17) is 0 Å². The molecule has 16 heavy (non-hydrogen) atoms. The third-order valence-electron chi connectivity index (χ3n) is 2.23. The van der Waals surface area contributed by atoms with Crippen molar-refractivity contribution >= 4 is 11.8 Å². The third-order valence-corrected chi connectivity index (χ3v) is 3.27. The standard InChI is InChI=1S/C10H21N5S/c1-3-5-6-9-16-10-12-13-14-15(10)8-7-11-4-2/h11H,3-9H2,1-2H3. The zero-order valence-corrected chi connectivity index (χ0v) is 11.0. The van der Waals surface area contributed by atoms with E-state index in [9.17, 15) is 0 Å². The van der Waals surface area contributed by atoms with E-state index < -0.39 is 0 Å². The highest BCUT2D eigenvalue weighted by Crippen LogP contribution is 2.15. The summed E-state index contributed by atoms with van der Waals surface area (Å²) in [5.74, 6) is 1.11. The Morgan fingerprint density at radius 3 is 2.94 bits per heavy atom. The van der Waals surface area contributed by atoms with Crippen molar-refractivity contribution in [3.8, 4) is 0 Å². The van der Waals surface area contributed by atoms with Crippen LogP contribution in [0.4, 0.5) is 0 Å². The van der Waals surface area contributed by atoms with Crippen LogP contribution >= 0.6 is 11.8 Å². The highest BCUT2D eigenvalue weighted by Gasteiger charge is 2.05. The molecule has 5 nitrogen and oxygen atoms in total. The van der Waals surface area contributed by atoms with E-state index >= 15 is 0 Å². The molecule has 0 aliphatic rings. The van der Waals surface area contributed by atoms with Gasteiger partial charge in [0.15, 0.2) is 0 Å². The molecule has 0 fully saturated rings. The molecule has 1 heterocycles. The van der Waals surface area contributed by atoms with Crippen LogP contribution in [-0.2, 0) is 6.54 Å². The van der Waals surface area contributed by atoms with Gasteiger partial charge in [0.25, 0.3) is 0 Å². The summed E-state index contributed by atoms with van der Waals surface area (Å²) in [6.07, 6.45) is 3.78. The van der Waals surface area contributed by atoms with Crippen molar-refractivity contribution in [2.75, 3.05) is 18.8 Å². The molecular weight excluding hydrogens is 222 g/mol. The molecule has 0 aliphatic heterocycles. The SMILES string of the molecule is CCCCCSc1nnnn1CCNCC. The van der Waals surface area contributed by atoms with E-state index in [1.807, 2.05) is 4.68 Å². The predicted octanol–water partition coefficient (Wildman–Crippen LogP) is 1.56. The van der Waals surface area contributed by atoms with E-state index in [2.05, 4.69) is 34.7 Å². The molecule has 1 rings (SSSR count). The van der Waals surface area contributed by atoms with Crippen LogP contribution in [-0.4, -0.2) is 39.0 Å². The first-order chi connectivity index (χ1) is 7.88. The minimum Gasteiger partial charge on any atom is -0.315 e. The smallest absolute Gasteiger partial charge is 0.209 e. The van der Waals surface area contributed by atoms with Crippen LogP contribution in [0.15, 0.2) is 5.16 Å². The molecule has 1 N–H and O–H groups in total. The molecule has 0 atom stereocenters. The number of hydrogen-bond acceptors (Lipinski definition) is 5. The number of nitrogens with zero attached hydrogens (tertiary/aromatic N) is 4. The summed E-state index contributed by atoms with van der Waals surface area (Å²) >= 11 is 1.75. The summed E-state index contributed by atoms with van der Waals surface area (Å²) in [6, 6.07) is 0. The highest BCUT2D eigenvalue weighted by molar-refractivity contribution is 7.99. The second-order valence-electron chi connectivity index (χ2n) is 3.59. The average Bonchev–Trinajstić information content (AvgIpc) is 2.73. The van der Waals surface area contributed by atoms with Crippen molar-refractivity contribution < 1.29 is 0 Å². The largest absolute Gasteiger partial charge is 0.315 e. The summed E-state index contributed by atoms with van der Waals surface area (Å²) in [4.78, 5) is 0. The normalized spacial score (nSPS) is 10.9. The van der Waals surface area contributed by atoms with Crippen LogP contribution in [0.1, 0.15) is 33.1 Å². The van der Waals surface area contributed by atoms with Gasteiger partial charge >= 0.3 is 0 Å². The van der Waals surface area contributed by atoms with Gasteiger partial charge in [0.2, 0.25) is 5.16 Å². The molecule has 1 aromatic heterocycles. The Labute approximate surface area is 101 Å². The van der Waals surface area contributed by atoms with Crippen LogP contribution in [0, 0.1) is 0 Å². The lowest BCUT2D eigenvalue weighted by Gasteiger charge is -2.04. The van der Waals surface area contributed by atoms with E-state index in [-0.39, 0.29) is 0 Å². The Balaban J connectivity index is 2.26. The van der Waals surface area contributed by atoms with Crippen LogP contribution in [0.5, 0.6) is 0 Å². The number of thioether (sulfide) groups is 1. The fraction of sp³-hybridized carbons (Fsp3) is 0.900. The summed E-state index contributed by atoms with van der Waals surface area (Å²) in [5.41, 5.74) is 0. The molecule has 1 aromatic rings. The van der Waals surface area contributed by atoms with Gasteiger partial charge in [0, 0.05) is 12.3 Å². The van der Waals surface area contributed by atoms with Crippen LogP contribution < -0.4 is 5.32 Å². The van der Waals surface area contributed by atoms with Gasteiger partial charge in [0.1, 0.15) is 0 Å². The number of hydrogen-bond donors (Lipinski definition) is 1. The van der Waals surface area contributed by atoms with E-state index in [0.29, 0.717) is 0 Å². The quantitative estimate of drug-likeness (QED) is 0.527. The van der Waals surface area contributed by atoms with Crippen LogP contribution in [0.2, 0.25) is 0 Å². The number of nitrogens with one attached hydrogen (secondary N) is 1. The van der Waals surface area contributed by atoms with Gasteiger partial charge in [-0.15, -0.1) is 5.10 Å². The summed E-state index contributed by atoms with van der Waals surface area (Å²) in [5, 5.41) is 15.9. The molecule has 6 heteroatoms. The maximum Gasteiger partial charge on any atom is 0.209 e. The van der Waals surface area contributed by atoms with Crippen LogP contribution in [0.25, 0.3) is 0 Å². The zero-order chi connectivity index (χ0) is 11.6. The molecular formula is C10H21N5S. The summed E-state index contributed by atoms with van der Waals surface area (Å²) in [7, 11) is 0.